The molecule has 3 aliphatic rings. The summed E-state index contributed by atoms with van der Waals surface area (Å²) in [6.45, 7) is 4.33. The smallest absolute Gasteiger partial charge is 0.238 e. The zero-order chi connectivity index (χ0) is 29.0. The van der Waals surface area contributed by atoms with Crippen molar-refractivity contribution in [2.75, 3.05) is 10.2 Å². The molecular weight excluding hydrogens is 520 g/mol. The van der Waals surface area contributed by atoms with E-state index in [1.165, 1.54) is 0 Å². The lowest BCUT2D eigenvalue weighted by molar-refractivity contribution is -0.121. The lowest BCUT2D eigenvalue weighted by Gasteiger charge is -2.37. The Morgan fingerprint density at radius 3 is 2.24 bits per heavy atom. The van der Waals surface area contributed by atoms with Gasteiger partial charge in [0.15, 0.2) is 11.6 Å². The van der Waals surface area contributed by atoms with Crippen molar-refractivity contribution in [3.63, 3.8) is 0 Å². The number of anilines is 2. The molecule has 7 rings (SSSR count). The van der Waals surface area contributed by atoms with Gasteiger partial charge in [-0.05, 0) is 41.2 Å². The summed E-state index contributed by atoms with van der Waals surface area (Å²) in [5, 5.41) is 3.09. The number of carbonyl (C=O) groups excluding carboxylic acids is 3. The number of benzene rings is 4. The van der Waals surface area contributed by atoms with Crippen LogP contribution < -0.4 is 10.2 Å². The highest BCUT2D eigenvalue weighted by Gasteiger charge is 2.70. The fourth-order valence-electron chi connectivity index (χ4n) is 7.35. The minimum Gasteiger partial charge on any atom is -0.352 e. The van der Waals surface area contributed by atoms with Gasteiger partial charge in [-0.2, -0.15) is 0 Å². The number of carbonyl (C=O) groups is 3. The highest BCUT2D eigenvalue weighted by Crippen LogP contribution is 2.58. The van der Waals surface area contributed by atoms with Gasteiger partial charge < -0.3 is 10.2 Å². The number of ketones is 2. The molecular formula is C37H32N2O3. The Morgan fingerprint density at radius 1 is 0.810 bits per heavy atom. The summed E-state index contributed by atoms with van der Waals surface area (Å²) >= 11 is 0. The Labute approximate surface area is 245 Å². The van der Waals surface area contributed by atoms with Gasteiger partial charge in [0, 0.05) is 22.5 Å². The number of fused-ring (bicyclic) bond motifs is 6. The summed E-state index contributed by atoms with van der Waals surface area (Å²) in [4.78, 5) is 46.0. The van der Waals surface area contributed by atoms with E-state index in [1.807, 2.05) is 108 Å². The molecule has 0 aliphatic carbocycles. The molecule has 208 valence electrons. The quantitative estimate of drug-likeness (QED) is 0.269. The van der Waals surface area contributed by atoms with Crippen LogP contribution in [-0.2, 0) is 16.6 Å². The van der Waals surface area contributed by atoms with E-state index >= 15 is 0 Å². The van der Waals surface area contributed by atoms with Crippen LogP contribution in [0.5, 0.6) is 0 Å². The van der Waals surface area contributed by atoms with Crippen molar-refractivity contribution in [2.45, 2.75) is 37.8 Å². The van der Waals surface area contributed by atoms with Gasteiger partial charge in [0.2, 0.25) is 5.91 Å². The SMILES string of the molecule is CC(C)Cc1ccc(C(=O)[C@H]2[C@H](C(=O)c3ccccc3)N3c4ccccc4C=C[C@@H]3[C@]23C(=O)Nc2ccccc23)cc1. The molecule has 1 spiro atoms. The molecule has 0 aromatic heterocycles. The molecule has 4 aromatic carbocycles. The molecule has 1 amide bonds. The Hall–Kier alpha value is -4.77. The Morgan fingerprint density at radius 2 is 1.48 bits per heavy atom. The molecule has 1 fully saturated rings. The minimum atomic E-state index is -1.30. The molecule has 4 atom stereocenters. The Kier molecular flexibility index (Phi) is 6.19. The van der Waals surface area contributed by atoms with E-state index in [2.05, 4.69) is 19.2 Å². The van der Waals surface area contributed by atoms with Crippen LogP contribution in [0, 0.1) is 11.8 Å². The maximum Gasteiger partial charge on any atom is 0.238 e. The van der Waals surface area contributed by atoms with Gasteiger partial charge in [0.25, 0.3) is 0 Å². The average Bonchev–Trinajstić information content (AvgIpc) is 3.49. The number of hydrogen-bond acceptors (Lipinski definition) is 4. The highest BCUT2D eigenvalue weighted by molar-refractivity contribution is 6.18. The third-order valence-electron chi connectivity index (χ3n) is 9.03. The van der Waals surface area contributed by atoms with E-state index in [9.17, 15) is 14.4 Å². The summed E-state index contributed by atoms with van der Waals surface area (Å²) in [7, 11) is 0. The van der Waals surface area contributed by atoms with E-state index in [-0.39, 0.29) is 17.5 Å². The zero-order valence-corrected chi connectivity index (χ0v) is 23.7. The average molecular weight is 553 g/mol. The second kappa shape index (κ2) is 9.95. The highest BCUT2D eigenvalue weighted by atomic mass is 16.2. The molecule has 4 aromatic rings. The van der Waals surface area contributed by atoms with Gasteiger partial charge in [-0.25, -0.2) is 0 Å². The van der Waals surface area contributed by atoms with Crippen molar-refractivity contribution >= 4 is 34.9 Å². The number of nitrogens with one attached hydrogen (secondary N) is 1. The number of amides is 1. The van der Waals surface area contributed by atoms with Crippen molar-refractivity contribution < 1.29 is 14.4 Å². The molecule has 1 N–H and O–H groups in total. The van der Waals surface area contributed by atoms with E-state index in [1.54, 1.807) is 12.1 Å². The van der Waals surface area contributed by atoms with Crippen molar-refractivity contribution in [3.05, 3.63) is 137 Å². The van der Waals surface area contributed by atoms with Crippen LogP contribution in [-0.4, -0.2) is 29.6 Å². The summed E-state index contributed by atoms with van der Waals surface area (Å²) in [5.41, 5.74) is 4.11. The fourth-order valence-corrected chi connectivity index (χ4v) is 7.35. The van der Waals surface area contributed by atoms with Crippen LogP contribution >= 0.6 is 0 Å². The monoisotopic (exact) mass is 552 g/mol. The van der Waals surface area contributed by atoms with Gasteiger partial charge in [0.1, 0.15) is 11.5 Å². The van der Waals surface area contributed by atoms with Crippen molar-refractivity contribution in [1.29, 1.82) is 0 Å². The first-order chi connectivity index (χ1) is 20.4. The molecule has 0 radical (unpaired) electrons. The standard InChI is InChI=1S/C37H32N2O3/c1-23(2)22-24-16-18-27(19-17-24)34(40)32-33(35(41)26-11-4-3-5-12-26)39-30-15-9-6-10-25(30)20-21-31(39)37(32)28-13-7-8-14-29(28)38-36(37)42/h3-21,23,31-33H,22H2,1-2H3,(H,38,42)/t31-,32-,33-,37+/m1/s1. The van der Waals surface area contributed by atoms with Crippen molar-refractivity contribution in [2.24, 2.45) is 11.8 Å². The minimum absolute atomic E-state index is 0.172. The number of para-hydroxylation sites is 2. The summed E-state index contributed by atoms with van der Waals surface area (Å²) in [6.07, 6.45) is 4.93. The first-order valence-electron chi connectivity index (χ1n) is 14.6. The molecule has 5 heteroatoms. The van der Waals surface area contributed by atoms with E-state index in [4.69, 9.17) is 0 Å². The first-order valence-corrected chi connectivity index (χ1v) is 14.6. The number of Topliss-reactive ketones (excluding diaryl/α,β-unsaturated/α-hetero) is 2. The third-order valence-corrected chi connectivity index (χ3v) is 9.03. The van der Waals surface area contributed by atoms with Gasteiger partial charge in [0.05, 0.1) is 12.0 Å². The number of nitrogens with zero attached hydrogens (tertiary/aromatic N) is 1. The molecule has 5 nitrogen and oxygen atoms in total. The number of hydrogen-bond donors (Lipinski definition) is 1. The predicted molar refractivity (Wildman–Crippen MR) is 166 cm³/mol. The van der Waals surface area contributed by atoms with Gasteiger partial charge in [-0.15, -0.1) is 0 Å². The lowest BCUT2D eigenvalue weighted by Crippen LogP contribution is -2.51. The van der Waals surface area contributed by atoms with Crippen molar-refractivity contribution in [3.8, 4) is 0 Å². The molecule has 0 unspecified atom stereocenters. The summed E-state index contributed by atoms with van der Waals surface area (Å²) in [5.74, 6) is -1.10. The third kappa shape index (κ3) is 3.80. The summed E-state index contributed by atoms with van der Waals surface area (Å²) < 4.78 is 0. The normalized spacial score (nSPS) is 23.5. The van der Waals surface area contributed by atoms with Crippen LogP contribution in [0.25, 0.3) is 6.08 Å². The first kappa shape index (κ1) is 26.1. The van der Waals surface area contributed by atoms with E-state index in [0.717, 1.165) is 28.8 Å². The van der Waals surface area contributed by atoms with Crippen LogP contribution in [0.1, 0.15) is 51.3 Å². The van der Waals surface area contributed by atoms with Crippen LogP contribution in [0.15, 0.2) is 109 Å². The zero-order valence-electron chi connectivity index (χ0n) is 23.7. The molecule has 1 saturated heterocycles. The van der Waals surface area contributed by atoms with E-state index in [0.29, 0.717) is 22.7 Å². The maximum atomic E-state index is 14.9. The molecule has 3 aliphatic heterocycles. The predicted octanol–water partition coefficient (Wildman–Crippen LogP) is 6.74. The second-order valence-corrected chi connectivity index (χ2v) is 12.0. The Bertz CT molecular complexity index is 1740. The lowest BCUT2D eigenvalue weighted by atomic mass is 9.64. The van der Waals surface area contributed by atoms with Gasteiger partial charge >= 0.3 is 0 Å². The Balaban J connectivity index is 1.48. The largest absolute Gasteiger partial charge is 0.352 e. The molecule has 42 heavy (non-hydrogen) atoms. The fraction of sp³-hybridized carbons (Fsp3) is 0.216. The maximum absolute atomic E-state index is 14.9. The van der Waals surface area contributed by atoms with Crippen LogP contribution in [0.4, 0.5) is 11.4 Å². The van der Waals surface area contributed by atoms with Gasteiger partial charge in [-0.3, -0.25) is 14.4 Å². The molecule has 0 saturated carbocycles. The van der Waals surface area contributed by atoms with Crippen molar-refractivity contribution in [1.82, 2.24) is 0 Å². The summed E-state index contributed by atoms with van der Waals surface area (Å²) in [6, 6.07) is 30.9. The van der Waals surface area contributed by atoms with Gasteiger partial charge in [-0.1, -0.05) is 117 Å². The second-order valence-electron chi connectivity index (χ2n) is 12.0. The van der Waals surface area contributed by atoms with Crippen LogP contribution in [0.2, 0.25) is 0 Å². The topological polar surface area (TPSA) is 66.5 Å². The van der Waals surface area contributed by atoms with Crippen LogP contribution in [0.3, 0.4) is 0 Å². The molecule has 3 heterocycles. The molecule has 0 bridgehead atoms. The van der Waals surface area contributed by atoms with E-state index < -0.39 is 23.4 Å². The number of rotatable bonds is 6.